The van der Waals surface area contributed by atoms with Crippen LogP contribution in [0.25, 0.3) is 0 Å². The molecule has 4 nitrogen and oxygen atoms in total. The molecular weight excluding hydrogens is 330 g/mol. The molecule has 118 valence electrons. The quantitative estimate of drug-likeness (QED) is 0.585. The molecule has 1 aromatic carbocycles. The second-order valence-electron chi connectivity index (χ2n) is 4.91. The van der Waals surface area contributed by atoms with E-state index in [0.717, 1.165) is 12.2 Å². The van der Waals surface area contributed by atoms with Gasteiger partial charge < -0.3 is 4.74 Å². The molecule has 1 saturated heterocycles. The molecule has 7 heteroatoms. The van der Waals surface area contributed by atoms with E-state index in [9.17, 15) is 8.42 Å². The van der Waals surface area contributed by atoms with Gasteiger partial charge in [-0.2, -0.15) is 16.1 Å². The van der Waals surface area contributed by atoms with Crippen LogP contribution in [0.2, 0.25) is 0 Å². The number of rotatable bonds is 6. The Labute approximate surface area is 135 Å². The van der Waals surface area contributed by atoms with Crippen molar-refractivity contribution in [3.8, 4) is 5.75 Å². The fraction of sp³-hybridized carbons (Fsp3) is 0.571. The molecule has 0 saturated carbocycles. The number of hydrogen-bond acceptors (Lipinski definition) is 4. The van der Waals surface area contributed by atoms with E-state index in [-0.39, 0.29) is 0 Å². The summed E-state index contributed by atoms with van der Waals surface area (Å²) >= 11 is 7.39. The number of alkyl halides is 1. The van der Waals surface area contributed by atoms with E-state index >= 15 is 0 Å². The number of ether oxygens (including phenoxy) is 1. The van der Waals surface area contributed by atoms with Crippen molar-refractivity contribution in [3.05, 3.63) is 24.3 Å². The van der Waals surface area contributed by atoms with Gasteiger partial charge in [0.1, 0.15) is 5.75 Å². The first kappa shape index (κ1) is 16.9. The maximum atomic E-state index is 12.6. The van der Waals surface area contributed by atoms with E-state index in [4.69, 9.17) is 16.3 Å². The van der Waals surface area contributed by atoms with Gasteiger partial charge in [0.25, 0.3) is 0 Å². The summed E-state index contributed by atoms with van der Waals surface area (Å²) in [6.07, 6.45) is 0.769. The Bertz CT molecular complexity index is 548. The molecule has 0 spiro atoms. The number of benzene rings is 1. The van der Waals surface area contributed by atoms with Gasteiger partial charge in [0.05, 0.1) is 11.5 Å². The Morgan fingerprint density at radius 2 is 2.10 bits per heavy atom. The molecule has 0 aromatic heterocycles. The molecule has 0 amide bonds. The number of thioether (sulfide) groups is 1. The number of nitrogens with zero attached hydrogens (tertiary/aromatic N) is 1. The second kappa shape index (κ2) is 7.72. The van der Waals surface area contributed by atoms with Gasteiger partial charge in [-0.15, -0.1) is 11.6 Å². The van der Waals surface area contributed by atoms with Crippen LogP contribution >= 0.6 is 23.4 Å². The smallest absolute Gasteiger partial charge is 0.243 e. The van der Waals surface area contributed by atoms with Crippen LogP contribution in [0.1, 0.15) is 13.3 Å². The van der Waals surface area contributed by atoms with E-state index in [2.05, 4.69) is 6.92 Å². The lowest BCUT2D eigenvalue weighted by Crippen LogP contribution is -2.40. The minimum atomic E-state index is -3.39. The molecule has 1 heterocycles. The van der Waals surface area contributed by atoms with Gasteiger partial charge in [0, 0.05) is 30.0 Å². The second-order valence-corrected chi connectivity index (χ2v) is 8.77. The van der Waals surface area contributed by atoms with Crippen LogP contribution in [0.4, 0.5) is 0 Å². The SMILES string of the molecule is CC1CN(S(=O)(=O)c2ccc(OCCCCl)cc2)CCS1. The summed E-state index contributed by atoms with van der Waals surface area (Å²) in [6, 6.07) is 6.61. The highest BCUT2D eigenvalue weighted by atomic mass is 35.5. The number of sulfonamides is 1. The van der Waals surface area contributed by atoms with Crippen LogP contribution in [0.5, 0.6) is 5.75 Å². The Balaban J connectivity index is 2.06. The number of halogens is 1. The Kier molecular flexibility index (Phi) is 6.22. The average Bonchev–Trinajstić information content (AvgIpc) is 2.48. The van der Waals surface area contributed by atoms with Crippen LogP contribution in [-0.4, -0.2) is 49.3 Å². The first-order chi connectivity index (χ1) is 10.0. The summed E-state index contributed by atoms with van der Waals surface area (Å²) in [5.74, 6) is 2.07. The van der Waals surface area contributed by atoms with Crippen molar-refractivity contribution in [2.75, 3.05) is 31.3 Å². The Morgan fingerprint density at radius 1 is 1.38 bits per heavy atom. The molecule has 0 radical (unpaired) electrons. The van der Waals surface area contributed by atoms with Crippen molar-refractivity contribution in [2.24, 2.45) is 0 Å². The lowest BCUT2D eigenvalue weighted by Gasteiger charge is -2.29. The summed E-state index contributed by atoms with van der Waals surface area (Å²) in [4.78, 5) is 0.325. The van der Waals surface area contributed by atoms with Gasteiger partial charge in [-0.3, -0.25) is 0 Å². The minimum Gasteiger partial charge on any atom is -0.494 e. The van der Waals surface area contributed by atoms with Gasteiger partial charge in [0.15, 0.2) is 0 Å². The van der Waals surface area contributed by atoms with Crippen molar-refractivity contribution in [1.29, 1.82) is 0 Å². The fourth-order valence-electron chi connectivity index (χ4n) is 2.11. The zero-order valence-corrected chi connectivity index (χ0v) is 14.4. The van der Waals surface area contributed by atoms with Gasteiger partial charge in [-0.1, -0.05) is 6.92 Å². The lowest BCUT2D eigenvalue weighted by atomic mass is 10.3. The molecule has 21 heavy (non-hydrogen) atoms. The van der Waals surface area contributed by atoms with Crippen LogP contribution in [0.15, 0.2) is 29.2 Å². The molecule has 1 aromatic rings. The van der Waals surface area contributed by atoms with Crippen molar-refractivity contribution in [3.63, 3.8) is 0 Å². The van der Waals surface area contributed by atoms with Crippen LogP contribution in [0.3, 0.4) is 0 Å². The standard InChI is InChI=1S/C14H20ClNO3S2/c1-12-11-16(8-10-20-12)21(17,18)14-5-3-13(4-6-14)19-9-2-7-15/h3-6,12H,2,7-11H2,1H3. The van der Waals surface area contributed by atoms with E-state index in [0.29, 0.717) is 41.5 Å². The minimum absolute atomic E-state index is 0.325. The highest BCUT2D eigenvalue weighted by Crippen LogP contribution is 2.25. The van der Waals surface area contributed by atoms with E-state index in [1.807, 2.05) is 11.8 Å². The lowest BCUT2D eigenvalue weighted by molar-refractivity contribution is 0.318. The number of hydrogen-bond donors (Lipinski definition) is 0. The summed E-state index contributed by atoms with van der Waals surface area (Å²) in [6.45, 7) is 3.74. The van der Waals surface area contributed by atoms with Gasteiger partial charge >= 0.3 is 0 Å². The summed E-state index contributed by atoms with van der Waals surface area (Å²) < 4.78 is 32.2. The molecule has 0 aliphatic carbocycles. The van der Waals surface area contributed by atoms with E-state index in [1.165, 1.54) is 0 Å². The molecule has 1 atom stereocenters. The van der Waals surface area contributed by atoms with Crippen molar-refractivity contribution < 1.29 is 13.2 Å². The molecule has 2 rings (SSSR count). The fourth-order valence-corrected chi connectivity index (χ4v) is 4.97. The van der Waals surface area contributed by atoms with Crippen LogP contribution < -0.4 is 4.74 Å². The van der Waals surface area contributed by atoms with Crippen molar-refractivity contribution >= 4 is 33.4 Å². The topological polar surface area (TPSA) is 46.6 Å². The predicted octanol–water partition coefficient (Wildman–Crippen LogP) is 2.82. The van der Waals surface area contributed by atoms with Gasteiger partial charge in [0.2, 0.25) is 10.0 Å². The maximum absolute atomic E-state index is 12.6. The highest BCUT2D eigenvalue weighted by Gasteiger charge is 2.28. The van der Waals surface area contributed by atoms with E-state index < -0.39 is 10.0 Å². The molecule has 0 bridgehead atoms. The van der Waals surface area contributed by atoms with E-state index in [1.54, 1.807) is 28.6 Å². The Morgan fingerprint density at radius 3 is 2.71 bits per heavy atom. The molecule has 1 aliphatic rings. The predicted molar refractivity (Wildman–Crippen MR) is 88.0 cm³/mol. The third-order valence-electron chi connectivity index (χ3n) is 3.21. The maximum Gasteiger partial charge on any atom is 0.243 e. The third-order valence-corrected chi connectivity index (χ3v) is 6.50. The molecule has 0 N–H and O–H groups in total. The zero-order chi connectivity index (χ0) is 15.3. The molecule has 1 fully saturated rings. The Hall–Kier alpha value is -0.430. The third kappa shape index (κ3) is 4.52. The largest absolute Gasteiger partial charge is 0.494 e. The first-order valence-electron chi connectivity index (χ1n) is 6.94. The monoisotopic (exact) mass is 349 g/mol. The van der Waals surface area contributed by atoms with Gasteiger partial charge in [-0.25, -0.2) is 8.42 Å². The summed E-state index contributed by atoms with van der Waals surface area (Å²) in [7, 11) is -3.39. The van der Waals surface area contributed by atoms with Crippen LogP contribution in [-0.2, 0) is 10.0 Å². The zero-order valence-electron chi connectivity index (χ0n) is 12.0. The first-order valence-corrected chi connectivity index (χ1v) is 9.97. The summed E-state index contributed by atoms with van der Waals surface area (Å²) in [5, 5.41) is 0.340. The average molecular weight is 350 g/mol. The van der Waals surface area contributed by atoms with Crippen molar-refractivity contribution in [2.45, 2.75) is 23.5 Å². The molecule has 1 aliphatic heterocycles. The highest BCUT2D eigenvalue weighted by molar-refractivity contribution is 8.00. The molecule has 1 unspecified atom stereocenters. The normalized spacial score (nSPS) is 20.4. The summed E-state index contributed by atoms with van der Waals surface area (Å²) in [5.41, 5.74) is 0. The van der Waals surface area contributed by atoms with Crippen LogP contribution in [0, 0.1) is 0 Å². The van der Waals surface area contributed by atoms with Gasteiger partial charge in [-0.05, 0) is 30.7 Å². The molecular formula is C14H20ClNO3S2. The van der Waals surface area contributed by atoms with Crippen molar-refractivity contribution in [1.82, 2.24) is 4.31 Å².